The van der Waals surface area contributed by atoms with Crippen LogP contribution in [0.2, 0.25) is 0 Å². The first-order chi connectivity index (χ1) is 9.94. The van der Waals surface area contributed by atoms with Crippen molar-refractivity contribution in [2.24, 2.45) is 0 Å². The summed E-state index contributed by atoms with van der Waals surface area (Å²) in [4.78, 5) is -0.108. The minimum absolute atomic E-state index is 0.108. The first kappa shape index (κ1) is 15.6. The van der Waals surface area contributed by atoms with Crippen molar-refractivity contribution >= 4 is 10.0 Å². The van der Waals surface area contributed by atoms with Crippen molar-refractivity contribution in [3.05, 3.63) is 42.0 Å². The second-order valence-electron chi connectivity index (χ2n) is 4.58. The molecule has 0 aliphatic heterocycles. The average Bonchev–Trinajstić information content (AvgIpc) is 2.85. The molecule has 1 aromatic heterocycles. The number of aryl methyl sites for hydroxylation is 1. The molecule has 0 amide bonds. The summed E-state index contributed by atoms with van der Waals surface area (Å²) in [5.41, 5.74) is 1.09. The van der Waals surface area contributed by atoms with Gasteiger partial charge in [0.2, 0.25) is 10.0 Å². The summed E-state index contributed by atoms with van der Waals surface area (Å²) in [6.45, 7) is 2.57. The van der Waals surface area contributed by atoms with E-state index >= 15 is 0 Å². The van der Waals surface area contributed by atoms with Gasteiger partial charge in [0.1, 0.15) is 11.5 Å². The zero-order chi connectivity index (χ0) is 15.5. The molecule has 2 N–H and O–H groups in total. The Kier molecular flexibility index (Phi) is 4.71. The SMILES string of the molecule is CNCCNS(=O)(=O)c1ccc(-n2cc(C)cn2)c(F)c1. The minimum atomic E-state index is -3.71. The lowest BCUT2D eigenvalue weighted by atomic mass is 10.3. The van der Waals surface area contributed by atoms with Gasteiger partial charge in [0, 0.05) is 19.3 Å². The number of nitrogens with one attached hydrogen (secondary N) is 2. The second kappa shape index (κ2) is 6.33. The normalized spacial score (nSPS) is 11.8. The molecule has 0 aliphatic carbocycles. The fourth-order valence-corrected chi connectivity index (χ4v) is 2.82. The van der Waals surface area contributed by atoms with E-state index in [1.165, 1.54) is 16.8 Å². The molecule has 8 heteroatoms. The van der Waals surface area contributed by atoms with Gasteiger partial charge in [-0.15, -0.1) is 0 Å². The minimum Gasteiger partial charge on any atom is -0.318 e. The van der Waals surface area contributed by atoms with Crippen LogP contribution in [0.5, 0.6) is 0 Å². The maximum Gasteiger partial charge on any atom is 0.240 e. The summed E-state index contributed by atoms with van der Waals surface area (Å²) < 4.78 is 41.8. The Balaban J connectivity index is 2.26. The summed E-state index contributed by atoms with van der Waals surface area (Å²) in [7, 11) is -1.99. The van der Waals surface area contributed by atoms with Crippen LogP contribution < -0.4 is 10.0 Å². The monoisotopic (exact) mass is 312 g/mol. The van der Waals surface area contributed by atoms with E-state index in [0.717, 1.165) is 11.6 Å². The van der Waals surface area contributed by atoms with Crippen molar-refractivity contribution in [3.8, 4) is 5.69 Å². The molecule has 0 spiro atoms. The number of rotatable bonds is 6. The van der Waals surface area contributed by atoms with Crippen LogP contribution in [0.15, 0.2) is 35.5 Å². The summed E-state index contributed by atoms with van der Waals surface area (Å²) in [5.74, 6) is -0.644. The number of sulfonamides is 1. The molecular formula is C13H17FN4O2S. The molecule has 0 aliphatic rings. The summed E-state index contributed by atoms with van der Waals surface area (Å²) in [6.07, 6.45) is 3.27. The number of hydrogen-bond acceptors (Lipinski definition) is 4. The predicted octanol–water partition coefficient (Wildman–Crippen LogP) is 0.818. The Labute approximate surface area is 123 Å². The maximum absolute atomic E-state index is 14.1. The van der Waals surface area contributed by atoms with Crippen molar-refractivity contribution in [2.45, 2.75) is 11.8 Å². The van der Waals surface area contributed by atoms with Gasteiger partial charge in [0.05, 0.1) is 11.1 Å². The molecule has 2 rings (SSSR count). The molecule has 0 atom stereocenters. The lowest BCUT2D eigenvalue weighted by molar-refractivity contribution is 0.574. The van der Waals surface area contributed by atoms with Crippen LogP contribution in [0.1, 0.15) is 5.56 Å². The highest BCUT2D eigenvalue weighted by Gasteiger charge is 2.16. The highest BCUT2D eigenvalue weighted by Crippen LogP contribution is 2.18. The highest BCUT2D eigenvalue weighted by molar-refractivity contribution is 7.89. The van der Waals surface area contributed by atoms with E-state index in [9.17, 15) is 12.8 Å². The molecule has 0 saturated heterocycles. The number of benzene rings is 1. The Morgan fingerprint density at radius 1 is 1.33 bits per heavy atom. The van der Waals surface area contributed by atoms with Gasteiger partial charge < -0.3 is 5.32 Å². The Bertz CT molecular complexity index is 728. The van der Waals surface area contributed by atoms with E-state index < -0.39 is 15.8 Å². The van der Waals surface area contributed by atoms with Crippen molar-refractivity contribution in [3.63, 3.8) is 0 Å². The molecule has 6 nitrogen and oxygen atoms in total. The van der Waals surface area contributed by atoms with Crippen LogP contribution in [-0.2, 0) is 10.0 Å². The topological polar surface area (TPSA) is 76.0 Å². The van der Waals surface area contributed by atoms with Crippen LogP contribution in [0.25, 0.3) is 5.69 Å². The largest absolute Gasteiger partial charge is 0.318 e. The fourth-order valence-electron chi connectivity index (χ4n) is 1.78. The van der Waals surface area contributed by atoms with Crippen molar-refractivity contribution in [1.29, 1.82) is 0 Å². The summed E-state index contributed by atoms with van der Waals surface area (Å²) >= 11 is 0. The molecule has 0 bridgehead atoms. The third kappa shape index (κ3) is 3.66. The highest BCUT2D eigenvalue weighted by atomic mass is 32.2. The molecule has 114 valence electrons. The molecule has 0 radical (unpaired) electrons. The van der Waals surface area contributed by atoms with Gasteiger partial charge in [-0.25, -0.2) is 22.2 Å². The second-order valence-corrected chi connectivity index (χ2v) is 6.34. The smallest absolute Gasteiger partial charge is 0.240 e. The fraction of sp³-hybridized carbons (Fsp3) is 0.308. The van der Waals surface area contributed by atoms with E-state index in [4.69, 9.17) is 0 Å². The number of aromatic nitrogens is 2. The number of halogens is 1. The van der Waals surface area contributed by atoms with Gasteiger partial charge >= 0.3 is 0 Å². The van der Waals surface area contributed by atoms with Crippen molar-refractivity contribution < 1.29 is 12.8 Å². The zero-order valence-electron chi connectivity index (χ0n) is 11.8. The van der Waals surface area contributed by atoms with Crippen molar-refractivity contribution in [1.82, 2.24) is 19.8 Å². The standard InChI is InChI=1S/C13H17FN4O2S/c1-10-8-16-18(9-10)13-4-3-11(7-12(13)14)21(19,20)17-6-5-15-2/h3-4,7-9,15,17H,5-6H2,1-2H3. The summed E-state index contributed by atoms with van der Waals surface area (Å²) in [6, 6.07) is 3.75. The molecule has 0 saturated carbocycles. The lowest BCUT2D eigenvalue weighted by Crippen LogP contribution is -2.30. The Morgan fingerprint density at radius 2 is 2.10 bits per heavy atom. The lowest BCUT2D eigenvalue weighted by Gasteiger charge is -2.08. The first-order valence-corrected chi connectivity index (χ1v) is 7.88. The Morgan fingerprint density at radius 3 is 2.67 bits per heavy atom. The maximum atomic E-state index is 14.1. The molecule has 1 aromatic carbocycles. The molecule has 21 heavy (non-hydrogen) atoms. The van der Waals surface area contributed by atoms with E-state index in [1.807, 2.05) is 6.92 Å². The predicted molar refractivity (Wildman–Crippen MR) is 77.4 cm³/mol. The molecule has 2 aromatic rings. The van der Waals surface area contributed by atoms with E-state index in [0.29, 0.717) is 6.54 Å². The quantitative estimate of drug-likeness (QED) is 0.774. The van der Waals surface area contributed by atoms with Crippen LogP contribution in [-0.4, -0.2) is 38.3 Å². The number of hydrogen-bond donors (Lipinski definition) is 2. The van der Waals surface area contributed by atoms with Gasteiger partial charge in [-0.2, -0.15) is 5.10 Å². The molecule has 1 heterocycles. The molecule has 0 unspecified atom stereocenters. The average molecular weight is 312 g/mol. The van der Waals surface area contributed by atoms with Gasteiger partial charge in [-0.1, -0.05) is 0 Å². The van der Waals surface area contributed by atoms with Gasteiger partial charge in [-0.05, 0) is 37.7 Å². The van der Waals surface area contributed by atoms with E-state index in [-0.39, 0.29) is 17.1 Å². The Hall–Kier alpha value is -1.77. The third-order valence-corrected chi connectivity index (χ3v) is 4.31. The van der Waals surface area contributed by atoms with E-state index in [2.05, 4.69) is 15.1 Å². The molecular weight excluding hydrogens is 295 g/mol. The van der Waals surface area contributed by atoms with Gasteiger partial charge in [0.15, 0.2) is 0 Å². The van der Waals surface area contributed by atoms with Crippen LogP contribution in [0, 0.1) is 12.7 Å². The third-order valence-electron chi connectivity index (χ3n) is 2.86. The van der Waals surface area contributed by atoms with Crippen LogP contribution >= 0.6 is 0 Å². The first-order valence-electron chi connectivity index (χ1n) is 6.39. The van der Waals surface area contributed by atoms with Crippen LogP contribution in [0.3, 0.4) is 0 Å². The van der Waals surface area contributed by atoms with E-state index in [1.54, 1.807) is 19.4 Å². The zero-order valence-corrected chi connectivity index (χ0v) is 12.6. The van der Waals surface area contributed by atoms with Crippen LogP contribution in [0.4, 0.5) is 4.39 Å². The number of nitrogens with zero attached hydrogens (tertiary/aromatic N) is 2. The number of likely N-dealkylation sites (N-methyl/N-ethyl adjacent to an activating group) is 1. The molecule has 0 fully saturated rings. The van der Waals surface area contributed by atoms with Crippen molar-refractivity contribution in [2.75, 3.05) is 20.1 Å². The van der Waals surface area contributed by atoms with Gasteiger partial charge in [-0.3, -0.25) is 0 Å². The van der Waals surface area contributed by atoms with Gasteiger partial charge in [0.25, 0.3) is 0 Å². The summed E-state index contributed by atoms with van der Waals surface area (Å²) in [5, 5.41) is 6.83.